The predicted octanol–water partition coefficient (Wildman–Crippen LogP) is 2.71. The summed E-state index contributed by atoms with van der Waals surface area (Å²) in [5, 5.41) is 12.8. The molecule has 20 heavy (non-hydrogen) atoms. The van der Waals surface area contributed by atoms with Crippen molar-refractivity contribution in [1.82, 2.24) is 20.1 Å². The highest BCUT2D eigenvalue weighted by Crippen LogP contribution is 2.29. The first-order valence-corrected chi connectivity index (χ1v) is 6.56. The molecule has 1 atom stereocenters. The van der Waals surface area contributed by atoms with E-state index < -0.39 is 0 Å². The first kappa shape index (κ1) is 14.1. The molecule has 2 aromatic heterocycles. The van der Waals surface area contributed by atoms with Gasteiger partial charge in [0.25, 0.3) is 0 Å². The summed E-state index contributed by atoms with van der Waals surface area (Å²) >= 11 is 0. The van der Waals surface area contributed by atoms with E-state index in [-0.39, 0.29) is 5.41 Å². The van der Waals surface area contributed by atoms with E-state index in [0.29, 0.717) is 36.1 Å². The van der Waals surface area contributed by atoms with Crippen molar-refractivity contribution < 1.29 is 4.52 Å². The lowest BCUT2D eigenvalue weighted by molar-refractivity contribution is 0.266. The minimum atomic E-state index is -0.139. The average Bonchev–Trinajstić information content (AvgIpc) is 2.87. The molecule has 0 aliphatic rings. The molecule has 0 saturated carbocycles. The minimum absolute atomic E-state index is 0.139. The molecule has 1 unspecified atom stereocenters. The SMILES string of the molecule is CCC(C)(CC#N)Cc1nc(-c2ccnc(C)n2)no1. The van der Waals surface area contributed by atoms with E-state index in [4.69, 9.17) is 9.78 Å². The average molecular weight is 271 g/mol. The third kappa shape index (κ3) is 3.18. The zero-order valence-electron chi connectivity index (χ0n) is 11.9. The van der Waals surface area contributed by atoms with Gasteiger partial charge in [0.05, 0.1) is 6.07 Å². The second kappa shape index (κ2) is 5.78. The highest BCUT2D eigenvalue weighted by Gasteiger charge is 2.25. The molecule has 0 amide bonds. The van der Waals surface area contributed by atoms with Gasteiger partial charge >= 0.3 is 0 Å². The van der Waals surface area contributed by atoms with Crippen LogP contribution in [0.3, 0.4) is 0 Å². The van der Waals surface area contributed by atoms with Crippen LogP contribution in [-0.4, -0.2) is 20.1 Å². The fourth-order valence-electron chi connectivity index (χ4n) is 1.88. The second-order valence-corrected chi connectivity index (χ2v) is 5.18. The Hall–Kier alpha value is -2.29. The molecule has 0 spiro atoms. The van der Waals surface area contributed by atoms with Crippen molar-refractivity contribution in [1.29, 1.82) is 5.26 Å². The van der Waals surface area contributed by atoms with Gasteiger partial charge in [-0.3, -0.25) is 0 Å². The first-order valence-electron chi connectivity index (χ1n) is 6.56. The fourth-order valence-corrected chi connectivity index (χ4v) is 1.88. The number of hydrogen-bond acceptors (Lipinski definition) is 6. The van der Waals surface area contributed by atoms with Gasteiger partial charge in [-0.1, -0.05) is 19.0 Å². The van der Waals surface area contributed by atoms with Crippen molar-refractivity contribution >= 4 is 0 Å². The molecule has 104 valence electrons. The quantitative estimate of drug-likeness (QED) is 0.830. The molecule has 0 aliphatic carbocycles. The minimum Gasteiger partial charge on any atom is -0.339 e. The Morgan fingerprint density at radius 2 is 2.20 bits per heavy atom. The molecule has 0 radical (unpaired) electrons. The highest BCUT2D eigenvalue weighted by atomic mass is 16.5. The maximum Gasteiger partial charge on any atom is 0.227 e. The molecule has 0 aliphatic heterocycles. The summed E-state index contributed by atoms with van der Waals surface area (Å²) in [6, 6.07) is 3.96. The number of hydrogen-bond donors (Lipinski definition) is 0. The number of aryl methyl sites for hydroxylation is 1. The van der Waals surface area contributed by atoms with Gasteiger partial charge < -0.3 is 4.52 Å². The van der Waals surface area contributed by atoms with Gasteiger partial charge in [0, 0.05) is 19.0 Å². The molecule has 2 heterocycles. The van der Waals surface area contributed by atoms with Gasteiger partial charge in [-0.05, 0) is 24.8 Å². The Morgan fingerprint density at radius 3 is 2.85 bits per heavy atom. The van der Waals surface area contributed by atoms with Crippen LogP contribution in [0, 0.1) is 23.7 Å². The van der Waals surface area contributed by atoms with Gasteiger partial charge in [-0.25, -0.2) is 9.97 Å². The van der Waals surface area contributed by atoms with Crippen molar-refractivity contribution in [2.75, 3.05) is 0 Å². The molecule has 2 aromatic rings. The molecule has 6 nitrogen and oxygen atoms in total. The summed E-state index contributed by atoms with van der Waals surface area (Å²) < 4.78 is 5.27. The van der Waals surface area contributed by atoms with Gasteiger partial charge in [0.1, 0.15) is 11.5 Å². The lowest BCUT2D eigenvalue weighted by atomic mass is 9.81. The largest absolute Gasteiger partial charge is 0.339 e. The third-order valence-electron chi connectivity index (χ3n) is 3.41. The van der Waals surface area contributed by atoms with E-state index in [0.717, 1.165) is 6.42 Å². The van der Waals surface area contributed by atoms with Crippen LogP contribution in [0.15, 0.2) is 16.8 Å². The summed E-state index contributed by atoms with van der Waals surface area (Å²) in [6.45, 7) is 5.92. The van der Waals surface area contributed by atoms with Gasteiger partial charge in [0.2, 0.25) is 11.7 Å². The Balaban J connectivity index is 2.19. The first-order chi connectivity index (χ1) is 9.56. The normalized spacial score (nSPS) is 13.7. The molecule has 0 fully saturated rings. The summed E-state index contributed by atoms with van der Waals surface area (Å²) in [4.78, 5) is 12.7. The van der Waals surface area contributed by atoms with E-state index in [2.05, 4.69) is 40.0 Å². The summed E-state index contributed by atoms with van der Waals surface area (Å²) in [6.07, 6.45) is 3.60. The standard InChI is InChI=1S/C14H17N5O/c1-4-14(3,6-7-15)9-12-18-13(19-20-12)11-5-8-16-10(2)17-11/h5,8H,4,6,9H2,1-3H3. The van der Waals surface area contributed by atoms with E-state index in [1.165, 1.54) is 0 Å². The predicted molar refractivity (Wildman–Crippen MR) is 72.4 cm³/mol. The van der Waals surface area contributed by atoms with Crippen molar-refractivity contribution in [2.45, 2.75) is 40.0 Å². The van der Waals surface area contributed by atoms with Crippen LogP contribution >= 0.6 is 0 Å². The van der Waals surface area contributed by atoms with Crippen molar-refractivity contribution in [3.05, 3.63) is 24.0 Å². The maximum absolute atomic E-state index is 8.89. The molecular formula is C14H17N5O. The van der Waals surface area contributed by atoms with Crippen LogP contribution in [0.1, 0.15) is 38.4 Å². The smallest absolute Gasteiger partial charge is 0.227 e. The van der Waals surface area contributed by atoms with Crippen molar-refractivity contribution in [3.8, 4) is 17.6 Å². The van der Waals surface area contributed by atoms with E-state index in [1.54, 1.807) is 12.3 Å². The van der Waals surface area contributed by atoms with Crippen molar-refractivity contribution in [3.63, 3.8) is 0 Å². The number of rotatable bonds is 5. The van der Waals surface area contributed by atoms with Crippen LogP contribution in [0.4, 0.5) is 0 Å². The monoisotopic (exact) mass is 271 g/mol. The third-order valence-corrected chi connectivity index (χ3v) is 3.41. The molecule has 0 N–H and O–H groups in total. The van der Waals surface area contributed by atoms with Gasteiger partial charge in [-0.2, -0.15) is 10.2 Å². The molecule has 0 aromatic carbocycles. The van der Waals surface area contributed by atoms with E-state index >= 15 is 0 Å². The van der Waals surface area contributed by atoms with Crippen LogP contribution in [0.2, 0.25) is 0 Å². The topological polar surface area (TPSA) is 88.5 Å². The number of nitriles is 1. The zero-order valence-corrected chi connectivity index (χ0v) is 11.9. The summed E-state index contributed by atoms with van der Waals surface area (Å²) in [5.74, 6) is 1.66. The van der Waals surface area contributed by atoms with Crippen LogP contribution in [-0.2, 0) is 6.42 Å². The number of aromatic nitrogens is 4. The fraction of sp³-hybridized carbons (Fsp3) is 0.500. The second-order valence-electron chi connectivity index (χ2n) is 5.18. The molecule has 0 saturated heterocycles. The Labute approximate surface area is 117 Å². The van der Waals surface area contributed by atoms with Gasteiger partial charge in [0.15, 0.2) is 0 Å². The lowest BCUT2D eigenvalue weighted by Crippen LogP contribution is -2.18. The summed E-state index contributed by atoms with van der Waals surface area (Å²) in [7, 11) is 0. The van der Waals surface area contributed by atoms with E-state index in [1.807, 2.05) is 6.92 Å². The molecule has 2 rings (SSSR count). The molecule has 6 heteroatoms. The maximum atomic E-state index is 8.89. The highest BCUT2D eigenvalue weighted by molar-refractivity contribution is 5.46. The molecule has 0 bridgehead atoms. The van der Waals surface area contributed by atoms with E-state index in [9.17, 15) is 0 Å². The Kier molecular flexibility index (Phi) is 4.08. The van der Waals surface area contributed by atoms with Crippen molar-refractivity contribution in [2.24, 2.45) is 5.41 Å². The van der Waals surface area contributed by atoms with Gasteiger partial charge in [-0.15, -0.1) is 0 Å². The molecular weight excluding hydrogens is 254 g/mol. The Bertz CT molecular complexity index is 630. The lowest BCUT2D eigenvalue weighted by Gasteiger charge is -2.22. The Morgan fingerprint density at radius 1 is 1.40 bits per heavy atom. The number of nitrogens with zero attached hydrogens (tertiary/aromatic N) is 5. The summed E-state index contributed by atoms with van der Waals surface area (Å²) in [5.41, 5.74) is 0.506. The van der Waals surface area contributed by atoms with Crippen LogP contribution in [0.5, 0.6) is 0 Å². The van der Waals surface area contributed by atoms with Crippen LogP contribution < -0.4 is 0 Å². The van der Waals surface area contributed by atoms with Crippen LogP contribution in [0.25, 0.3) is 11.5 Å². The zero-order chi connectivity index (χ0) is 14.6.